The van der Waals surface area contributed by atoms with Gasteiger partial charge >= 0.3 is 0 Å². The highest BCUT2D eigenvalue weighted by atomic mass is 16.6. The summed E-state index contributed by atoms with van der Waals surface area (Å²) in [5, 5.41) is 23.7. The summed E-state index contributed by atoms with van der Waals surface area (Å²) in [6, 6.07) is 5.18. The first kappa shape index (κ1) is 13.2. The minimum absolute atomic E-state index is 0.0566. The van der Waals surface area contributed by atoms with Gasteiger partial charge in [-0.3, -0.25) is 10.1 Å². The van der Waals surface area contributed by atoms with Crippen molar-refractivity contribution in [1.29, 1.82) is 0 Å². The molecule has 2 aliphatic rings. The van der Waals surface area contributed by atoms with Gasteiger partial charge in [-0.15, -0.1) is 0 Å². The van der Waals surface area contributed by atoms with Crippen molar-refractivity contribution >= 4 is 11.4 Å². The lowest BCUT2D eigenvalue weighted by molar-refractivity contribution is -0.384. The van der Waals surface area contributed by atoms with E-state index in [1.165, 1.54) is 31.5 Å². The van der Waals surface area contributed by atoms with E-state index in [0.29, 0.717) is 11.7 Å². The van der Waals surface area contributed by atoms with Crippen LogP contribution in [-0.4, -0.2) is 40.1 Å². The number of piperidine rings is 1. The van der Waals surface area contributed by atoms with Crippen LogP contribution in [0.1, 0.15) is 25.7 Å². The third kappa shape index (κ3) is 2.56. The van der Waals surface area contributed by atoms with E-state index in [0.717, 1.165) is 19.4 Å². The van der Waals surface area contributed by atoms with Crippen molar-refractivity contribution in [3.8, 4) is 5.75 Å². The maximum Gasteiger partial charge on any atom is 0.296 e. The number of fused-ring (bicyclic) bond motifs is 1. The highest BCUT2D eigenvalue weighted by Crippen LogP contribution is 2.32. The minimum Gasteiger partial charge on any atom is -0.508 e. The SMILES string of the molecule is O=[N+]([O-])c1cc(O)ccc1NC1CCN2CCCC2C1. The van der Waals surface area contributed by atoms with E-state index >= 15 is 0 Å². The fourth-order valence-electron chi connectivity index (χ4n) is 3.37. The fourth-order valence-corrected chi connectivity index (χ4v) is 3.37. The summed E-state index contributed by atoms with van der Waals surface area (Å²) in [6.45, 7) is 2.25. The lowest BCUT2D eigenvalue weighted by atomic mass is 9.97. The number of rotatable bonds is 3. The molecule has 2 atom stereocenters. The zero-order valence-corrected chi connectivity index (χ0v) is 11.3. The summed E-state index contributed by atoms with van der Waals surface area (Å²) in [5.74, 6) is -0.0761. The molecule has 6 nitrogen and oxygen atoms in total. The molecule has 0 radical (unpaired) electrons. The van der Waals surface area contributed by atoms with Gasteiger partial charge in [0.15, 0.2) is 0 Å². The molecule has 6 heteroatoms. The number of hydrogen-bond acceptors (Lipinski definition) is 5. The highest BCUT2D eigenvalue weighted by molar-refractivity contribution is 5.64. The number of nitro groups is 1. The molecule has 0 aromatic heterocycles. The van der Waals surface area contributed by atoms with E-state index in [-0.39, 0.29) is 17.5 Å². The lowest BCUT2D eigenvalue weighted by Crippen LogP contribution is -2.42. The van der Waals surface area contributed by atoms with Gasteiger partial charge < -0.3 is 15.3 Å². The third-order valence-corrected chi connectivity index (χ3v) is 4.36. The van der Waals surface area contributed by atoms with Crippen LogP contribution >= 0.6 is 0 Å². The molecule has 1 aromatic carbocycles. The Morgan fingerprint density at radius 3 is 3.00 bits per heavy atom. The molecule has 0 bridgehead atoms. The van der Waals surface area contributed by atoms with Crippen molar-refractivity contribution in [2.75, 3.05) is 18.4 Å². The zero-order valence-electron chi connectivity index (χ0n) is 11.3. The topological polar surface area (TPSA) is 78.6 Å². The van der Waals surface area contributed by atoms with Crippen molar-refractivity contribution in [2.24, 2.45) is 0 Å². The van der Waals surface area contributed by atoms with Gasteiger partial charge in [-0.25, -0.2) is 0 Å². The summed E-state index contributed by atoms with van der Waals surface area (Å²) in [6.07, 6.45) is 4.54. The number of hydrogen-bond donors (Lipinski definition) is 2. The predicted octanol–water partition coefficient (Wildman–Crippen LogP) is 2.34. The van der Waals surface area contributed by atoms with Crippen LogP contribution in [0.15, 0.2) is 18.2 Å². The number of phenolic OH excluding ortho intramolecular Hbond substituents is 1. The van der Waals surface area contributed by atoms with Crippen LogP contribution in [0.5, 0.6) is 5.75 Å². The highest BCUT2D eigenvalue weighted by Gasteiger charge is 2.32. The Labute approximate surface area is 117 Å². The molecule has 0 spiro atoms. The van der Waals surface area contributed by atoms with Crippen molar-refractivity contribution < 1.29 is 10.0 Å². The lowest BCUT2D eigenvalue weighted by Gasteiger charge is -2.35. The second kappa shape index (κ2) is 5.28. The van der Waals surface area contributed by atoms with E-state index in [1.54, 1.807) is 6.07 Å². The van der Waals surface area contributed by atoms with E-state index in [4.69, 9.17) is 0 Å². The van der Waals surface area contributed by atoms with Crippen LogP contribution in [0.2, 0.25) is 0 Å². The maximum atomic E-state index is 11.0. The summed E-state index contributed by atoms with van der Waals surface area (Å²) in [4.78, 5) is 13.1. The van der Waals surface area contributed by atoms with E-state index < -0.39 is 4.92 Å². The normalized spacial score (nSPS) is 26.2. The van der Waals surface area contributed by atoms with Gasteiger partial charge in [-0.2, -0.15) is 0 Å². The molecular weight excluding hydrogens is 258 g/mol. The number of aromatic hydroxyl groups is 1. The summed E-state index contributed by atoms with van der Waals surface area (Å²) < 4.78 is 0. The first-order valence-electron chi connectivity index (χ1n) is 7.11. The molecule has 2 aliphatic heterocycles. The third-order valence-electron chi connectivity index (χ3n) is 4.36. The molecule has 2 saturated heterocycles. The Bertz CT molecular complexity index is 520. The second-order valence-corrected chi connectivity index (χ2v) is 5.66. The van der Waals surface area contributed by atoms with Gasteiger partial charge in [-0.05, 0) is 44.4 Å². The van der Waals surface area contributed by atoms with Gasteiger partial charge in [0.2, 0.25) is 0 Å². The van der Waals surface area contributed by atoms with Gasteiger partial charge in [0.1, 0.15) is 11.4 Å². The van der Waals surface area contributed by atoms with Gasteiger partial charge in [-0.1, -0.05) is 0 Å². The molecular formula is C14H19N3O3. The van der Waals surface area contributed by atoms with Crippen molar-refractivity contribution in [1.82, 2.24) is 4.90 Å². The maximum absolute atomic E-state index is 11.0. The molecule has 2 fully saturated rings. The molecule has 0 aliphatic carbocycles. The Balaban J connectivity index is 1.73. The Morgan fingerprint density at radius 2 is 2.20 bits per heavy atom. The molecule has 0 amide bonds. The first-order chi connectivity index (χ1) is 9.63. The summed E-state index contributed by atoms with van der Waals surface area (Å²) >= 11 is 0. The van der Waals surface area contributed by atoms with Crippen molar-refractivity contribution in [3.63, 3.8) is 0 Å². The van der Waals surface area contributed by atoms with Crippen molar-refractivity contribution in [3.05, 3.63) is 28.3 Å². The van der Waals surface area contributed by atoms with Crippen LogP contribution in [0.3, 0.4) is 0 Å². The Kier molecular flexibility index (Phi) is 3.48. The standard InChI is InChI=1S/C14H19N3O3/c18-12-3-4-13(14(9-12)17(19)20)15-10-5-7-16-6-1-2-11(16)8-10/h3-4,9-11,15,18H,1-2,5-8H2. The minimum atomic E-state index is -0.452. The molecule has 0 saturated carbocycles. The number of phenols is 1. The fraction of sp³-hybridized carbons (Fsp3) is 0.571. The second-order valence-electron chi connectivity index (χ2n) is 5.66. The van der Waals surface area contributed by atoms with E-state index in [2.05, 4.69) is 10.2 Å². The Hall–Kier alpha value is -1.82. The van der Waals surface area contributed by atoms with Gasteiger partial charge in [0.05, 0.1) is 11.0 Å². The number of benzene rings is 1. The van der Waals surface area contributed by atoms with Gasteiger partial charge in [0.25, 0.3) is 5.69 Å². The van der Waals surface area contributed by atoms with Crippen LogP contribution in [0.4, 0.5) is 11.4 Å². The molecule has 20 heavy (non-hydrogen) atoms. The molecule has 108 valence electrons. The Morgan fingerprint density at radius 1 is 1.35 bits per heavy atom. The number of nitro benzene ring substituents is 1. The number of nitrogens with one attached hydrogen (secondary N) is 1. The molecule has 3 rings (SSSR count). The van der Waals surface area contributed by atoms with E-state index in [1.807, 2.05) is 0 Å². The quantitative estimate of drug-likeness (QED) is 0.503. The van der Waals surface area contributed by atoms with Gasteiger partial charge in [0, 0.05) is 18.6 Å². The molecule has 2 N–H and O–H groups in total. The summed E-state index contributed by atoms with van der Waals surface area (Å²) in [7, 11) is 0. The van der Waals surface area contributed by atoms with Crippen LogP contribution in [0.25, 0.3) is 0 Å². The molecule has 1 aromatic rings. The van der Waals surface area contributed by atoms with Crippen LogP contribution in [0, 0.1) is 10.1 Å². The van der Waals surface area contributed by atoms with Crippen LogP contribution < -0.4 is 5.32 Å². The molecule has 2 unspecified atom stereocenters. The molecule has 2 heterocycles. The monoisotopic (exact) mass is 277 g/mol. The number of anilines is 1. The van der Waals surface area contributed by atoms with Crippen LogP contribution in [-0.2, 0) is 0 Å². The van der Waals surface area contributed by atoms with E-state index in [9.17, 15) is 15.2 Å². The zero-order chi connectivity index (χ0) is 14.1. The summed E-state index contributed by atoms with van der Waals surface area (Å²) in [5.41, 5.74) is 0.447. The first-order valence-corrected chi connectivity index (χ1v) is 7.11. The average Bonchev–Trinajstić information content (AvgIpc) is 2.88. The van der Waals surface area contributed by atoms with Crippen molar-refractivity contribution in [2.45, 2.75) is 37.8 Å². The predicted molar refractivity (Wildman–Crippen MR) is 76.0 cm³/mol. The largest absolute Gasteiger partial charge is 0.508 e. The smallest absolute Gasteiger partial charge is 0.296 e. The average molecular weight is 277 g/mol. The number of nitrogens with zero attached hydrogens (tertiary/aromatic N) is 2.